The molecule has 1 heterocycles. The van der Waals surface area contributed by atoms with E-state index in [0.29, 0.717) is 10.6 Å². The smallest absolute Gasteiger partial charge is 0.326 e. The Bertz CT molecular complexity index is 1280. The first-order valence-electron chi connectivity index (χ1n) is 8.99. The lowest BCUT2D eigenvalue weighted by Crippen LogP contribution is -2.41. The minimum Gasteiger partial charge on any atom is -0.454 e. The van der Waals surface area contributed by atoms with Gasteiger partial charge in [0.05, 0.1) is 26.3 Å². The van der Waals surface area contributed by atoms with E-state index in [1.54, 1.807) is 17.4 Å². The molecule has 0 saturated heterocycles. The lowest BCUT2D eigenvalue weighted by atomic mass is 10.1. The first-order valence-corrected chi connectivity index (χ1v) is 11.0. The normalized spacial score (nSPS) is 10.9. The van der Waals surface area contributed by atoms with E-state index in [0.717, 1.165) is 16.5 Å². The molecule has 3 amide bonds. The number of anilines is 1. The highest BCUT2D eigenvalue weighted by atomic mass is 35.5. The maximum absolute atomic E-state index is 14.2. The van der Waals surface area contributed by atoms with Crippen LogP contribution < -0.4 is 15.4 Å². The van der Waals surface area contributed by atoms with Gasteiger partial charge >= 0.3 is 6.03 Å². The van der Waals surface area contributed by atoms with E-state index in [4.69, 9.17) is 45.3 Å². The predicted molar refractivity (Wildman–Crippen MR) is 125 cm³/mol. The molecule has 0 atom stereocenters. The lowest BCUT2D eigenvalue weighted by Gasteiger charge is -2.21. The average molecular weight is 510 g/mol. The second-order valence-electron chi connectivity index (χ2n) is 6.50. The van der Waals surface area contributed by atoms with Crippen LogP contribution in [0.5, 0.6) is 11.5 Å². The van der Waals surface area contributed by atoms with Gasteiger partial charge in [0.15, 0.2) is 5.75 Å². The molecule has 0 unspecified atom stereocenters. The van der Waals surface area contributed by atoms with Crippen molar-refractivity contribution in [3.63, 3.8) is 0 Å². The van der Waals surface area contributed by atoms with Crippen LogP contribution in [-0.2, 0) is 0 Å². The molecule has 1 aliphatic heterocycles. The highest BCUT2D eigenvalue weighted by Crippen LogP contribution is 2.44. The van der Waals surface area contributed by atoms with Crippen molar-refractivity contribution in [2.45, 2.75) is 0 Å². The molecule has 2 aromatic rings. The molecule has 162 valence electrons. The summed E-state index contributed by atoms with van der Waals surface area (Å²) >= 11 is 20.2. The quantitative estimate of drug-likeness (QED) is 0.310. The van der Waals surface area contributed by atoms with Crippen LogP contribution in [0.3, 0.4) is 0 Å². The third-order valence-electron chi connectivity index (χ3n) is 4.51. The van der Waals surface area contributed by atoms with Gasteiger partial charge < -0.3 is 10.5 Å². The van der Waals surface area contributed by atoms with Crippen molar-refractivity contribution in [3.8, 4) is 21.9 Å². The largest absolute Gasteiger partial charge is 0.454 e. The highest BCUT2D eigenvalue weighted by Gasteiger charge is 2.29. The van der Waals surface area contributed by atoms with E-state index in [1.807, 2.05) is 23.6 Å². The third-order valence-corrected chi connectivity index (χ3v) is 6.29. The lowest BCUT2D eigenvalue weighted by molar-refractivity contribution is 0.0991. The molecule has 32 heavy (non-hydrogen) atoms. The second-order valence-corrected chi connectivity index (χ2v) is 8.67. The summed E-state index contributed by atoms with van der Waals surface area (Å²) in [6.07, 6.45) is 0. The number of nitrogens with zero attached hydrogens (tertiary/aromatic N) is 1. The Morgan fingerprint density at radius 3 is 2.34 bits per heavy atom. The van der Waals surface area contributed by atoms with Gasteiger partial charge in [0, 0.05) is 10.4 Å². The van der Waals surface area contributed by atoms with Gasteiger partial charge in [-0.1, -0.05) is 46.9 Å². The number of carbonyl (C=O) groups is 2. The van der Waals surface area contributed by atoms with Crippen LogP contribution in [0.2, 0.25) is 15.1 Å². The summed E-state index contributed by atoms with van der Waals surface area (Å²) in [4.78, 5) is 26.6. The Hall–Kier alpha value is -2.84. The number of fused-ring (bicyclic) bond motifs is 1. The Kier molecular flexibility index (Phi) is 6.26. The Balaban J connectivity index is 1.72. The number of halogens is 4. The number of hydrogen-bond acceptors (Lipinski definition) is 4. The fraction of sp³-hybridized carbons (Fsp3) is 0. The SMILES string of the molecule is NC(=O)N(C(=O)c1c(F)cccc1Cl)c1cc(Cl)c(Oc2ccc3scccc2-3)c(Cl)c1. The van der Waals surface area contributed by atoms with Gasteiger partial charge in [-0.3, -0.25) is 4.79 Å². The monoisotopic (exact) mass is 508 g/mol. The maximum atomic E-state index is 14.2. The minimum atomic E-state index is -1.17. The van der Waals surface area contributed by atoms with Crippen molar-refractivity contribution < 1.29 is 18.7 Å². The number of urea groups is 1. The van der Waals surface area contributed by atoms with Crippen molar-refractivity contribution in [2.75, 3.05) is 4.90 Å². The van der Waals surface area contributed by atoms with Gasteiger partial charge in [-0.25, -0.2) is 14.1 Å². The molecule has 2 aromatic carbocycles. The molecule has 0 radical (unpaired) electrons. The van der Waals surface area contributed by atoms with Gasteiger partial charge in [0.1, 0.15) is 11.6 Å². The number of nitrogens with two attached hydrogens (primary N) is 1. The van der Waals surface area contributed by atoms with Gasteiger partial charge in [0.2, 0.25) is 0 Å². The van der Waals surface area contributed by atoms with Gasteiger partial charge in [-0.2, -0.15) is 0 Å². The van der Waals surface area contributed by atoms with E-state index in [-0.39, 0.29) is 26.5 Å². The van der Waals surface area contributed by atoms with Crippen molar-refractivity contribution in [3.05, 3.63) is 86.4 Å². The summed E-state index contributed by atoms with van der Waals surface area (Å²) in [6.45, 7) is 0. The summed E-state index contributed by atoms with van der Waals surface area (Å²) in [5.41, 5.74) is 5.69. The van der Waals surface area contributed by atoms with Crippen LogP contribution >= 0.6 is 46.1 Å². The van der Waals surface area contributed by atoms with Gasteiger partial charge in [0.25, 0.3) is 5.91 Å². The van der Waals surface area contributed by atoms with Crippen LogP contribution in [0.1, 0.15) is 10.4 Å². The second kappa shape index (κ2) is 8.96. The molecule has 5 nitrogen and oxygen atoms in total. The maximum Gasteiger partial charge on any atom is 0.326 e. The van der Waals surface area contributed by atoms with Gasteiger partial charge in [-0.15, -0.1) is 11.3 Å². The summed E-state index contributed by atoms with van der Waals surface area (Å²) in [5.74, 6) is -1.31. The number of imide groups is 1. The van der Waals surface area contributed by atoms with Gasteiger partial charge in [-0.05, 0) is 47.8 Å². The Morgan fingerprint density at radius 2 is 1.69 bits per heavy atom. The molecule has 2 N–H and O–H groups in total. The first-order chi connectivity index (χ1) is 15.3. The van der Waals surface area contributed by atoms with Crippen LogP contribution in [0.4, 0.5) is 14.9 Å². The number of rotatable bonds is 4. The summed E-state index contributed by atoms with van der Waals surface area (Å²) in [7, 11) is 0. The highest BCUT2D eigenvalue weighted by molar-refractivity contribution is 7.13. The average Bonchev–Trinajstić information content (AvgIpc) is 3.13. The molecule has 0 aromatic heterocycles. The van der Waals surface area contributed by atoms with Crippen LogP contribution in [-0.4, -0.2) is 11.9 Å². The molecule has 0 saturated carbocycles. The number of primary amides is 1. The van der Waals surface area contributed by atoms with Crippen molar-refractivity contribution in [2.24, 2.45) is 5.73 Å². The third kappa shape index (κ3) is 4.12. The molecule has 10 heteroatoms. The molecule has 0 spiro atoms. The number of ether oxygens (including phenoxy) is 1. The molecule has 1 aliphatic carbocycles. The zero-order valence-electron chi connectivity index (χ0n) is 15.9. The molecule has 0 fully saturated rings. The number of benzene rings is 2. The fourth-order valence-electron chi connectivity index (χ4n) is 3.10. The van der Waals surface area contributed by atoms with Crippen LogP contribution in [0.15, 0.2) is 60.0 Å². The number of amides is 3. The summed E-state index contributed by atoms with van der Waals surface area (Å²) < 4.78 is 20.2. The van der Waals surface area contributed by atoms with Crippen molar-refractivity contribution in [1.29, 1.82) is 0 Å². The summed E-state index contributed by atoms with van der Waals surface area (Å²) in [5, 5.41) is 1.79. The fourth-order valence-corrected chi connectivity index (χ4v) is 4.64. The number of carbonyl (C=O) groups excluding carboxylic acids is 2. The summed E-state index contributed by atoms with van der Waals surface area (Å²) in [6, 6.07) is 12.5. The van der Waals surface area contributed by atoms with Crippen molar-refractivity contribution >= 4 is 63.8 Å². The van der Waals surface area contributed by atoms with Crippen molar-refractivity contribution in [1.82, 2.24) is 0 Å². The van der Waals surface area contributed by atoms with E-state index in [1.165, 1.54) is 24.3 Å². The van der Waals surface area contributed by atoms with Crippen LogP contribution in [0, 0.1) is 5.82 Å². The number of hydrogen-bond donors (Lipinski definition) is 1. The Labute approximate surface area is 201 Å². The molecule has 4 rings (SSSR count). The minimum absolute atomic E-state index is 0.0140. The molecule has 0 bridgehead atoms. The van der Waals surface area contributed by atoms with E-state index in [9.17, 15) is 14.0 Å². The molecular weight excluding hydrogens is 498 g/mol. The van der Waals surface area contributed by atoms with E-state index >= 15 is 0 Å². The molecular formula is C22H12Cl3FN2O3S. The predicted octanol–water partition coefficient (Wildman–Crippen LogP) is 7.47. The molecule has 2 aliphatic rings. The Morgan fingerprint density at radius 1 is 0.969 bits per heavy atom. The standard InChI is InChI=1S/C22H12Cl3FN2O3S/c23-13-4-1-5-16(26)19(13)21(29)28(22(27)30)11-9-14(24)20(15(25)10-11)31-17-6-7-18-12(17)3-2-8-32-18/h1-10H,(H2,27,30). The zero-order valence-corrected chi connectivity index (χ0v) is 19.0. The van der Waals surface area contributed by atoms with Crippen LogP contribution in [0.25, 0.3) is 10.4 Å². The zero-order chi connectivity index (χ0) is 23.0. The topological polar surface area (TPSA) is 72.6 Å². The first kappa shape index (κ1) is 22.4. The van der Waals surface area contributed by atoms with E-state index < -0.39 is 23.3 Å². The van der Waals surface area contributed by atoms with E-state index in [2.05, 4.69) is 0 Å².